The highest BCUT2D eigenvalue weighted by Crippen LogP contribution is 2.53. The number of nitrogens with zero attached hydrogens (tertiary/aromatic N) is 2. The molecule has 2 fully saturated rings. The maximum absolute atomic E-state index is 14.0. The Morgan fingerprint density at radius 1 is 0.921 bits per heavy atom. The molecule has 0 saturated carbocycles. The van der Waals surface area contributed by atoms with Crippen molar-refractivity contribution in [2.45, 2.75) is 31.8 Å². The number of unbranched alkanes of at least 4 members (excludes halogenated alkanes) is 1. The van der Waals surface area contributed by atoms with E-state index in [9.17, 15) is 14.4 Å². The Balaban J connectivity index is 1.39. The Morgan fingerprint density at radius 3 is 2.37 bits per heavy atom. The smallest absolute Gasteiger partial charge is 0.240 e. The van der Waals surface area contributed by atoms with E-state index in [0.29, 0.717) is 28.6 Å². The molecule has 4 unspecified atom stereocenters. The van der Waals surface area contributed by atoms with Gasteiger partial charge in [-0.25, -0.2) is 4.90 Å². The van der Waals surface area contributed by atoms with Crippen molar-refractivity contribution in [1.82, 2.24) is 4.90 Å². The first-order valence-corrected chi connectivity index (χ1v) is 13.3. The second kappa shape index (κ2) is 9.76. The molecule has 6 rings (SSSR count). The van der Waals surface area contributed by atoms with Gasteiger partial charge in [0.05, 0.1) is 30.2 Å². The van der Waals surface area contributed by atoms with E-state index in [1.54, 1.807) is 48.5 Å². The van der Waals surface area contributed by atoms with Crippen molar-refractivity contribution in [1.29, 1.82) is 0 Å². The molecule has 38 heavy (non-hydrogen) atoms. The minimum atomic E-state index is -0.813. The van der Waals surface area contributed by atoms with Crippen LogP contribution in [0.1, 0.15) is 47.3 Å². The summed E-state index contributed by atoms with van der Waals surface area (Å²) in [7, 11) is 0. The van der Waals surface area contributed by atoms with Gasteiger partial charge in [-0.1, -0.05) is 49.2 Å². The Kier molecular flexibility index (Phi) is 6.28. The Hall–Kier alpha value is -3.90. The summed E-state index contributed by atoms with van der Waals surface area (Å²) in [5, 5.41) is 0.524. The fourth-order valence-corrected chi connectivity index (χ4v) is 6.05. The van der Waals surface area contributed by atoms with Crippen LogP contribution < -0.4 is 9.64 Å². The van der Waals surface area contributed by atoms with Crippen molar-refractivity contribution < 1.29 is 19.1 Å². The standard InChI is InChI=1S/C31H27ClN2O4/c1-2-3-18-38-23-14-12-22(13-15-23)34-30(36)25-26(31(34)37)28(29(35)20-8-10-21(32)11-9-20)33-17-16-19-6-4-5-7-24(19)27(25)33/h4-17,25-28H,2-3,18H2,1H3. The Labute approximate surface area is 226 Å². The first-order valence-electron chi connectivity index (χ1n) is 12.9. The van der Waals surface area contributed by atoms with E-state index in [0.717, 1.165) is 24.0 Å². The maximum Gasteiger partial charge on any atom is 0.240 e. The van der Waals surface area contributed by atoms with Gasteiger partial charge in [0, 0.05) is 16.8 Å². The van der Waals surface area contributed by atoms with E-state index in [2.05, 4.69) is 6.92 Å². The van der Waals surface area contributed by atoms with E-state index in [1.807, 2.05) is 41.4 Å². The molecule has 0 spiro atoms. The van der Waals surface area contributed by atoms with Crippen LogP contribution in [0.3, 0.4) is 0 Å². The molecule has 6 nitrogen and oxygen atoms in total. The van der Waals surface area contributed by atoms with Gasteiger partial charge in [0.1, 0.15) is 11.8 Å². The molecule has 3 aromatic rings. The van der Waals surface area contributed by atoms with Crippen molar-refractivity contribution in [3.05, 3.63) is 101 Å². The van der Waals surface area contributed by atoms with Crippen LogP contribution in [0.4, 0.5) is 5.69 Å². The van der Waals surface area contributed by atoms with Crippen LogP contribution in [0.15, 0.2) is 79.0 Å². The topological polar surface area (TPSA) is 66.9 Å². The average molecular weight is 527 g/mol. The van der Waals surface area contributed by atoms with Gasteiger partial charge < -0.3 is 9.64 Å². The first kappa shape index (κ1) is 24.4. The van der Waals surface area contributed by atoms with Crippen LogP contribution in [0.5, 0.6) is 5.75 Å². The number of rotatable bonds is 7. The normalized spacial score (nSPS) is 23.3. The number of hydrogen-bond acceptors (Lipinski definition) is 5. The van der Waals surface area contributed by atoms with Crippen molar-refractivity contribution in [3.8, 4) is 5.75 Å². The van der Waals surface area contributed by atoms with Gasteiger partial charge in [-0.3, -0.25) is 14.4 Å². The monoisotopic (exact) mass is 526 g/mol. The number of imide groups is 1. The molecule has 192 valence electrons. The molecule has 4 atom stereocenters. The maximum atomic E-state index is 14.0. The second-order valence-electron chi connectivity index (χ2n) is 9.91. The van der Waals surface area contributed by atoms with E-state index >= 15 is 0 Å². The highest BCUT2D eigenvalue weighted by Gasteiger charge is 2.64. The molecule has 2 amide bonds. The largest absolute Gasteiger partial charge is 0.494 e. The summed E-state index contributed by atoms with van der Waals surface area (Å²) in [6.07, 6.45) is 5.78. The van der Waals surface area contributed by atoms with Gasteiger partial charge >= 0.3 is 0 Å². The third-order valence-corrected chi connectivity index (χ3v) is 7.97. The van der Waals surface area contributed by atoms with Gasteiger partial charge in [0.15, 0.2) is 5.78 Å². The molecule has 3 aliphatic rings. The quantitative estimate of drug-likeness (QED) is 0.217. The summed E-state index contributed by atoms with van der Waals surface area (Å²) in [6.45, 7) is 2.71. The van der Waals surface area contributed by atoms with Gasteiger partial charge in [-0.15, -0.1) is 0 Å². The molecule has 3 heterocycles. The second-order valence-corrected chi connectivity index (χ2v) is 10.3. The molecule has 7 heteroatoms. The van der Waals surface area contributed by atoms with Gasteiger partial charge in [-0.2, -0.15) is 0 Å². The molecular weight excluding hydrogens is 500 g/mol. The lowest BCUT2D eigenvalue weighted by molar-refractivity contribution is -0.123. The van der Waals surface area contributed by atoms with Crippen LogP contribution in [0.2, 0.25) is 5.02 Å². The summed E-state index contributed by atoms with van der Waals surface area (Å²) in [5.74, 6) is -1.65. The number of fused-ring (bicyclic) bond motifs is 5. The van der Waals surface area contributed by atoms with Gasteiger partial charge in [0.25, 0.3) is 0 Å². The summed E-state index contributed by atoms with van der Waals surface area (Å²) in [4.78, 5) is 45.1. The minimum absolute atomic E-state index is 0.203. The number of halogens is 1. The number of hydrogen-bond donors (Lipinski definition) is 0. The molecular formula is C31H27ClN2O4. The van der Waals surface area contributed by atoms with E-state index in [-0.39, 0.29) is 17.6 Å². The minimum Gasteiger partial charge on any atom is -0.494 e. The summed E-state index contributed by atoms with van der Waals surface area (Å²) in [6, 6.07) is 20.3. The zero-order chi connectivity index (χ0) is 26.4. The Bertz CT molecular complexity index is 1430. The number of benzene rings is 3. The van der Waals surface area contributed by atoms with Crippen molar-refractivity contribution in [3.63, 3.8) is 0 Å². The van der Waals surface area contributed by atoms with E-state index < -0.39 is 23.9 Å². The SMILES string of the molecule is CCCCOc1ccc(N2C(=O)C3C(C2=O)C2c4ccccc4C=CN2C3C(=O)c2ccc(Cl)cc2)cc1. The fourth-order valence-electron chi connectivity index (χ4n) is 5.92. The van der Waals surface area contributed by atoms with Crippen LogP contribution in [-0.4, -0.2) is 35.1 Å². The summed E-state index contributed by atoms with van der Waals surface area (Å²) in [5.41, 5.74) is 2.87. The molecule has 0 bridgehead atoms. The number of anilines is 1. The number of amides is 2. The van der Waals surface area contributed by atoms with Crippen LogP contribution >= 0.6 is 11.6 Å². The summed E-state index contributed by atoms with van der Waals surface area (Å²) >= 11 is 6.06. The fraction of sp³-hybridized carbons (Fsp3) is 0.258. The van der Waals surface area contributed by atoms with Crippen molar-refractivity contribution >= 4 is 41.0 Å². The number of ketones is 1. The van der Waals surface area contributed by atoms with E-state index in [1.165, 1.54) is 4.90 Å². The molecule has 2 saturated heterocycles. The van der Waals surface area contributed by atoms with Gasteiger partial charge in [0.2, 0.25) is 11.8 Å². The zero-order valence-electron chi connectivity index (χ0n) is 20.9. The Morgan fingerprint density at radius 2 is 1.63 bits per heavy atom. The number of carbonyl (C=O) groups excluding carboxylic acids is 3. The third-order valence-electron chi connectivity index (χ3n) is 7.72. The van der Waals surface area contributed by atoms with Crippen LogP contribution in [-0.2, 0) is 9.59 Å². The third kappa shape index (κ3) is 3.91. The molecule has 0 radical (unpaired) electrons. The molecule has 0 aromatic heterocycles. The van der Waals surface area contributed by atoms with Crippen molar-refractivity contribution in [2.24, 2.45) is 11.8 Å². The predicted molar refractivity (Wildman–Crippen MR) is 146 cm³/mol. The molecule has 3 aromatic carbocycles. The number of Topliss-reactive ketones (excluding diaryl/α,β-unsaturated/α-hetero) is 1. The lowest BCUT2D eigenvalue weighted by Crippen LogP contribution is -2.44. The zero-order valence-corrected chi connectivity index (χ0v) is 21.7. The van der Waals surface area contributed by atoms with E-state index in [4.69, 9.17) is 16.3 Å². The van der Waals surface area contributed by atoms with Crippen LogP contribution in [0.25, 0.3) is 6.08 Å². The highest BCUT2D eigenvalue weighted by molar-refractivity contribution is 6.30. The highest BCUT2D eigenvalue weighted by atomic mass is 35.5. The van der Waals surface area contributed by atoms with Crippen molar-refractivity contribution in [2.75, 3.05) is 11.5 Å². The lowest BCUT2D eigenvalue weighted by atomic mass is 9.83. The molecule has 0 aliphatic carbocycles. The lowest BCUT2D eigenvalue weighted by Gasteiger charge is -2.35. The number of ether oxygens (including phenoxy) is 1. The first-order chi connectivity index (χ1) is 18.5. The number of carbonyl (C=O) groups is 3. The molecule has 3 aliphatic heterocycles. The van der Waals surface area contributed by atoms with Gasteiger partial charge in [-0.05, 0) is 72.2 Å². The molecule has 0 N–H and O–H groups in total. The van der Waals surface area contributed by atoms with Crippen LogP contribution in [0, 0.1) is 11.8 Å². The summed E-state index contributed by atoms with van der Waals surface area (Å²) < 4.78 is 5.75. The average Bonchev–Trinajstić information content (AvgIpc) is 3.41. The predicted octanol–water partition coefficient (Wildman–Crippen LogP) is 5.92.